The summed E-state index contributed by atoms with van der Waals surface area (Å²) in [6, 6.07) is 15.1. The summed E-state index contributed by atoms with van der Waals surface area (Å²) >= 11 is 18.8. The number of aryl methyl sites for hydroxylation is 1. The Labute approximate surface area is 200 Å². The van der Waals surface area contributed by atoms with Crippen LogP contribution in [-0.2, 0) is 17.0 Å². The maximum Gasteiger partial charge on any atom is 0.250 e. The van der Waals surface area contributed by atoms with Crippen LogP contribution in [0.3, 0.4) is 0 Å². The summed E-state index contributed by atoms with van der Waals surface area (Å²) in [5.41, 5.74) is 4.83. The highest BCUT2D eigenvalue weighted by molar-refractivity contribution is 7.98. The summed E-state index contributed by atoms with van der Waals surface area (Å²) in [4.78, 5) is 12.2. The number of carbonyl (C=O) groups is 1. The summed E-state index contributed by atoms with van der Waals surface area (Å²) in [5.74, 6) is 1.04. The van der Waals surface area contributed by atoms with Crippen molar-refractivity contribution in [2.75, 3.05) is 5.43 Å². The Hall–Kier alpha value is -2.39. The van der Waals surface area contributed by atoms with Crippen molar-refractivity contribution < 1.29 is 4.79 Å². The molecule has 0 atom stereocenters. The third kappa shape index (κ3) is 6.80. The molecule has 0 fully saturated rings. The van der Waals surface area contributed by atoms with Crippen molar-refractivity contribution in [1.29, 1.82) is 0 Å². The van der Waals surface area contributed by atoms with E-state index in [2.05, 4.69) is 20.9 Å². The lowest BCUT2D eigenvalue weighted by Gasteiger charge is -2.13. The van der Waals surface area contributed by atoms with E-state index in [0.29, 0.717) is 33.0 Å². The Morgan fingerprint density at radius 1 is 1.19 bits per heavy atom. The highest BCUT2D eigenvalue weighted by Crippen LogP contribution is 2.22. The monoisotopic (exact) mass is 491 g/mol. The number of rotatable bonds is 7. The van der Waals surface area contributed by atoms with Crippen LogP contribution in [0.15, 0.2) is 59.8 Å². The number of nitrogens with zero attached hydrogens (tertiary/aromatic N) is 3. The highest BCUT2D eigenvalue weighted by Gasteiger charge is 2.13. The minimum Gasteiger partial charge on any atom is -0.298 e. The fraction of sp³-hybridized carbons (Fsp3) is 0.143. The van der Waals surface area contributed by atoms with E-state index < -0.39 is 5.91 Å². The number of thioether (sulfide) groups is 1. The molecule has 31 heavy (non-hydrogen) atoms. The molecular weight excluding hydrogens is 473 g/mol. The van der Waals surface area contributed by atoms with Gasteiger partial charge >= 0.3 is 0 Å². The number of amides is 1. The van der Waals surface area contributed by atoms with Gasteiger partial charge in [-0.1, -0.05) is 78.3 Å². The van der Waals surface area contributed by atoms with Gasteiger partial charge in [-0.25, -0.2) is 4.68 Å². The van der Waals surface area contributed by atoms with E-state index in [-0.39, 0.29) is 5.11 Å². The molecule has 1 amide bonds. The van der Waals surface area contributed by atoms with Crippen molar-refractivity contribution in [3.63, 3.8) is 0 Å². The van der Waals surface area contributed by atoms with Gasteiger partial charge in [-0.2, -0.15) is 0 Å². The Balaban J connectivity index is 1.62. The van der Waals surface area contributed by atoms with Crippen molar-refractivity contribution in [3.8, 4) is 0 Å². The van der Waals surface area contributed by atoms with Gasteiger partial charge < -0.3 is 0 Å². The van der Waals surface area contributed by atoms with E-state index in [1.54, 1.807) is 29.0 Å². The second-order valence-corrected chi connectivity index (χ2v) is 8.49. The van der Waals surface area contributed by atoms with E-state index in [4.69, 9.17) is 35.4 Å². The molecule has 3 aromatic rings. The SMILES string of the molecule is CCc1nnc(SCc2ccccc2)n1NC(=S)NC(=O)/C=C/c1ccc(Cl)cc1Cl. The van der Waals surface area contributed by atoms with Crippen LogP contribution in [0.25, 0.3) is 6.08 Å². The van der Waals surface area contributed by atoms with Crippen LogP contribution in [0.1, 0.15) is 23.9 Å². The number of hydrogen-bond donors (Lipinski definition) is 2. The van der Waals surface area contributed by atoms with E-state index in [1.807, 2.05) is 37.3 Å². The lowest BCUT2D eigenvalue weighted by atomic mass is 10.2. The number of hydrogen-bond acceptors (Lipinski definition) is 5. The largest absolute Gasteiger partial charge is 0.298 e. The molecule has 1 aromatic heterocycles. The van der Waals surface area contributed by atoms with Crippen molar-refractivity contribution in [2.24, 2.45) is 0 Å². The molecule has 0 spiro atoms. The molecule has 10 heteroatoms. The second kappa shape index (κ2) is 11.3. The minimum absolute atomic E-state index is 0.132. The first-order chi connectivity index (χ1) is 15.0. The molecule has 2 N–H and O–H groups in total. The number of carbonyl (C=O) groups excluding carboxylic acids is 1. The van der Waals surface area contributed by atoms with Gasteiger partial charge in [-0.15, -0.1) is 10.2 Å². The average Bonchev–Trinajstić information content (AvgIpc) is 3.13. The molecule has 6 nitrogen and oxygen atoms in total. The predicted molar refractivity (Wildman–Crippen MR) is 131 cm³/mol. The number of benzene rings is 2. The summed E-state index contributed by atoms with van der Waals surface area (Å²) < 4.78 is 1.69. The Morgan fingerprint density at radius 3 is 2.68 bits per heavy atom. The van der Waals surface area contributed by atoms with Crippen LogP contribution < -0.4 is 10.7 Å². The summed E-state index contributed by atoms with van der Waals surface area (Å²) in [5, 5.41) is 12.8. The van der Waals surface area contributed by atoms with E-state index in [1.165, 1.54) is 23.4 Å². The molecule has 0 unspecified atom stereocenters. The number of thiocarbonyl (C=S) groups is 1. The maximum atomic E-state index is 12.2. The van der Waals surface area contributed by atoms with Crippen LogP contribution in [-0.4, -0.2) is 25.9 Å². The van der Waals surface area contributed by atoms with Gasteiger partial charge in [0, 0.05) is 28.3 Å². The average molecular weight is 492 g/mol. The van der Waals surface area contributed by atoms with Gasteiger partial charge in [0.05, 0.1) is 0 Å². The molecule has 0 aliphatic carbocycles. The summed E-state index contributed by atoms with van der Waals surface area (Å²) in [6.45, 7) is 1.97. The fourth-order valence-electron chi connectivity index (χ4n) is 2.54. The molecule has 160 valence electrons. The zero-order chi connectivity index (χ0) is 22.2. The van der Waals surface area contributed by atoms with Gasteiger partial charge in [0.1, 0.15) is 0 Å². The van der Waals surface area contributed by atoms with Crippen molar-refractivity contribution in [2.45, 2.75) is 24.3 Å². The van der Waals surface area contributed by atoms with Crippen LogP contribution in [0.2, 0.25) is 10.0 Å². The maximum absolute atomic E-state index is 12.2. The first kappa shape index (κ1) is 23.3. The molecular formula is C21H19Cl2N5OS2. The molecule has 0 saturated heterocycles. The Bertz CT molecular complexity index is 1100. The van der Waals surface area contributed by atoms with Crippen LogP contribution in [0.4, 0.5) is 0 Å². The topological polar surface area (TPSA) is 71.8 Å². The Morgan fingerprint density at radius 2 is 1.97 bits per heavy atom. The molecule has 0 saturated carbocycles. The van der Waals surface area contributed by atoms with Gasteiger partial charge in [-0.05, 0) is 41.6 Å². The van der Waals surface area contributed by atoms with Gasteiger partial charge in [0.2, 0.25) is 11.1 Å². The number of nitrogens with one attached hydrogen (secondary N) is 2. The number of halogens is 2. The molecule has 0 radical (unpaired) electrons. The molecule has 0 bridgehead atoms. The predicted octanol–water partition coefficient (Wildman–Crippen LogP) is 5.10. The van der Waals surface area contributed by atoms with Crippen molar-refractivity contribution in [3.05, 3.63) is 81.6 Å². The first-order valence-electron chi connectivity index (χ1n) is 9.32. The summed E-state index contributed by atoms with van der Waals surface area (Å²) in [7, 11) is 0. The fourth-order valence-corrected chi connectivity index (χ4v) is 4.07. The van der Waals surface area contributed by atoms with Crippen molar-refractivity contribution in [1.82, 2.24) is 20.2 Å². The third-order valence-corrected chi connectivity index (χ3v) is 5.81. The van der Waals surface area contributed by atoms with E-state index in [0.717, 1.165) is 5.75 Å². The molecule has 0 aliphatic heterocycles. The van der Waals surface area contributed by atoms with Gasteiger partial charge in [-0.3, -0.25) is 15.5 Å². The zero-order valence-electron chi connectivity index (χ0n) is 16.5. The molecule has 0 aliphatic rings. The minimum atomic E-state index is -0.395. The van der Waals surface area contributed by atoms with Gasteiger partial charge in [0.25, 0.3) is 0 Å². The quantitative estimate of drug-likeness (QED) is 0.272. The Kier molecular flexibility index (Phi) is 8.48. The second-order valence-electron chi connectivity index (χ2n) is 6.29. The molecule has 3 rings (SSSR count). The van der Waals surface area contributed by atoms with Crippen LogP contribution >= 0.6 is 47.2 Å². The van der Waals surface area contributed by atoms with E-state index in [9.17, 15) is 4.79 Å². The zero-order valence-corrected chi connectivity index (χ0v) is 19.7. The smallest absolute Gasteiger partial charge is 0.250 e. The van der Waals surface area contributed by atoms with Gasteiger partial charge in [0.15, 0.2) is 10.9 Å². The standard InChI is InChI=1S/C21H19Cl2N5OS2/c1-2-18-25-26-21(31-13-14-6-4-3-5-7-14)28(18)27-20(30)24-19(29)11-9-15-8-10-16(22)12-17(15)23/h3-12H,2,13H2,1H3,(H2,24,27,29,30)/b11-9+. The van der Waals surface area contributed by atoms with Crippen LogP contribution in [0.5, 0.6) is 0 Å². The third-order valence-electron chi connectivity index (χ3n) is 4.05. The lowest BCUT2D eigenvalue weighted by molar-refractivity contribution is -0.115. The molecule has 1 heterocycles. The number of aromatic nitrogens is 3. The molecule has 2 aromatic carbocycles. The summed E-state index contributed by atoms with van der Waals surface area (Å²) in [6.07, 6.45) is 3.59. The normalized spacial score (nSPS) is 10.9. The van der Waals surface area contributed by atoms with Crippen LogP contribution in [0, 0.1) is 0 Å². The first-order valence-corrected chi connectivity index (χ1v) is 11.5. The van der Waals surface area contributed by atoms with Crippen molar-refractivity contribution >= 4 is 64.3 Å². The lowest BCUT2D eigenvalue weighted by Crippen LogP contribution is -2.38. The van der Waals surface area contributed by atoms with E-state index >= 15 is 0 Å². The highest BCUT2D eigenvalue weighted by atomic mass is 35.5.